The molecule has 1 heterocycles. The molecule has 13 heteroatoms. The topological polar surface area (TPSA) is 186 Å². The molecule has 0 saturated carbocycles. The van der Waals surface area contributed by atoms with Gasteiger partial charge in [-0.25, -0.2) is 0 Å². The van der Waals surface area contributed by atoms with Crippen LogP contribution in [0.15, 0.2) is 28.7 Å². The molecule has 13 nitrogen and oxygen atoms in total. The second-order valence-corrected chi connectivity index (χ2v) is 4.81. The van der Waals surface area contributed by atoms with Crippen LogP contribution >= 0.6 is 0 Å². The lowest BCUT2D eigenvalue weighted by atomic mass is 10.1. The fourth-order valence-electron chi connectivity index (χ4n) is 2.40. The Labute approximate surface area is 134 Å². The number of rotatable bonds is 4. The summed E-state index contributed by atoms with van der Waals surface area (Å²) >= 11 is 0. The number of hydrogen-bond donors (Lipinski definition) is 0. The molecule has 126 valence electrons. The summed E-state index contributed by atoms with van der Waals surface area (Å²) in [5, 5.41) is 43.8. The molecular weight excluding hydrogens is 344 g/mol. The second kappa shape index (κ2) is 5.19. The van der Waals surface area contributed by atoms with Crippen molar-refractivity contribution in [1.82, 2.24) is 0 Å². The molecule has 0 unspecified atom stereocenters. The highest BCUT2D eigenvalue weighted by atomic mass is 16.6. The van der Waals surface area contributed by atoms with E-state index in [9.17, 15) is 40.5 Å². The first-order valence-electron chi connectivity index (χ1n) is 6.32. The first kappa shape index (κ1) is 15.7. The maximum absolute atomic E-state index is 11.1. The second-order valence-electron chi connectivity index (χ2n) is 4.81. The lowest BCUT2D eigenvalue weighted by Crippen LogP contribution is -1.93. The monoisotopic (exact) mass is 348 g/mol. The number of furan rings is 1. The summed E-state index contributed by atoms with van der Waals surface area (Å²) < 4.78 is 5.18. The number of fused-ring (bicyclic) bond motifs is 3. The molecule has 0 amide bonds. The summed E-state index contributed by atoms with van der Waals surface area (Å²) in [6, 6.07) is 3.10. The molecule has 3 aromatic rings. The molecule has 0 aliphatic heterocycles. The maximum atomic E-state index is 11.1. The average molecular weight is 348 g/mol. The van der Waals surface area contributed by atoms with Gasteiger partial charge >= 0.3 is 11.4 Å². The molecule has 0 fully saturated rings. The van der Waals surface area contributed by atoms with Crippen LogP contribution in [0.5, 0.6) is 0 Å². The van der Waals surface area contributed by atoms with Gasteiger partial charge in [-0.3, -0.25) is 40.5 Å². The molecule has 0 saturated heterocycles. The van der Waals surface area contributed by atoms with E-state index in [1.165, 1.54) is 0 Å². The molecule has 0 radical (unpaired) electrons. The molecule has 0 atom stereocenters. The Morgan fingerprint density at radius 3 is 1.24 bits per heavy atom. The Kier molecular flexibility index (Phi) is 3.26. The molecule has 0 N–H and O–H groups in total. The van der Waals surface area contributed by atoms with E-state index in [1.807, 2.05) is 0 Å². The van der Waals surface area contributed by atoms with Crippen LogP contribution in [0.3, 0.4) is 0 Å². The van der Waals surface area contributed by atoms with Crippen LogP contribution in [-0.2, 0) is 0 Å². The van der Waals surface area contributed by atoms with Crippen molar-refractivity contribution in [3.63, 3.8) is 0 Å². The minimum atomic E-state index is -0.946. The minimum absolute atomic E-state index is 0.206. The van der Waals surface area contributed by atoms with Gasteiger partial charge in [0.2, 0.25) is 11.2 Å². The lowest BCUT2D eigenvalue weighted by molar-refractivity contribution is -0.393. The van der Waals surface area contributed by atoms with Crippen LogP contribution in [0.2, 0.25) is 0 Å². The molecule has 0 aliphatic rings. The molecule has 25 heavy (non-hydrogen) atoms. The van der Waals surface area contributed by atoms with Crippen molar-refractivity contribution in [2.45, 2.75) is 0 Å². The zero-order valence-electron chi connectivity index (χ0n) is 11.8. The third-order valence-electron chi connectivity index (χ3n) is 3.42. The van der Waals surface area contributed by atoms with Gasteiger partial charge in [0.1, 0.15) is 0 Å². The quantitative estimate of drug-likeness (QED) is 0.503. The maximum Gasteiger partial charge on any atom is 0.319 e. The Hall–Kier alpha value is -4.16. The average Bonchev–Trinajstić information content (AvgIpc) is 2.90. The highest BCUT2D eigenvalue weighted by molar-refractivity contribution is 6.11. The lowest BCUT2D eigenvalue weighted by Gasteiger charge is -1.95. The minimum Gasteiger partial charge on any atom is -0.442 e. The molecule has 0 aliphatic carbocycles. The van der Waals surface area contributed by atoms with Crippen LogP contribution in [0.1, 0.15) is 0 Å². The standard InChI is InChI=1S/C12H4N4O9/c17-13(18)5-1-7-8-2-6(14(19)20)4-10(16(23)24)12(8)25-11(7)9(3-5)15(21)22/h1-4H. The predicted octanol–water partition coefficient (Wildman–Crippen LogP) is 3.22. The zero-order chi connectivity index (χ0) is 18.5. The number of benzene rings is 2. The van der Waals surface area contributed by atoms with Crippen molar-refractivity contribution in [2.24, 2.45) is 0 Å². The Bertz CT molecular complexity index is 1030. The number of hydrogen-bond acceptors (Lipinski definition) is 9. The van der Waals surface area contributed by atoms with Crippen molar-refractivity contribution in [3.8, 4) is 0 Å². The smallest absolute Gasteiger partial charge is 0.319 e. The van der Waals surface area contributed by atoms with Gasteiger partial charge in [-0.05, 0) is 0 Å². The molecule has 3 rings (SSSR count). The largest absolute Gasteiger partial charge is 0.442 e. The highest BCUT2D eigenvalue weighted by Crippen LogP contribution is 2.42. The third kappa shape index (κ3) is 2.35. The summed E-state index contributed by atoms with van der Waals surface area (Å²) in [5.74, 6) is 0. The van der Waals surface area contributed by atoms with E-state index in [0.717, 1.165) is 12.1 Å². The first-order chi connectivity index (χ1) is 11.7. The van der Waals surface area contributed by atoms with Gasteiger partial charge in [0.25, 0.3) is 11.4 Å². The van der Waals surface area contributed by atoms with E-state index in [4.69, 9.17) is 4.42 Å². The van der Waals surface area contributed by atoms with E-state index in [-0.39, 0.29) is 10.8 Å². The van der Waals surface area contributed by atoms with Crippen LogP contribution in [-0.4, -0.2) is 19.7 Å². The fraction of sp³-hybridized carbons (Fsp3) is 0. The summed E-state index contributed by atoms with van der Waals surface area (Å²) in [6.07, 6.45) is 0. The molecule has 0 spiro atoms. The number of non-ortho nitro benzene ring substituents is 4. The Morgan fingerprint density at radius 1 is 0.600 bits per heavy atom. The van der Waals surface area contributed by atoms with Crippen molar-refractivity contribution in [2.75, 3.05) is 0 Å². The van der Waals surface area contributed by atoms with E-state index >= 15 is 0 Å². The van der Waals surface area contributed by atoms with Crippen molar-refractivity contribution < 1.29 is 24.1 Å². The molecule has 2 aromatic carbocycles. The van der Waals surface area contributed by atoms with Crippen LogP contribution in [0.25, 0.3) is 21.9 Å². The van der Waals surface area contributed by atoms with Gasteiger partial charge < -0.3 is 4.42 Å². The van der Waals surface area contributed by atoms with Gasteiger partial charge in [0.15, 0.2) is 0 Å². The zero-order valence-corrected chi connectivity index (χ0v) is 11.8. The van der Waals surface area contributed by atoms with Gasteiger partial charge in [-0.15, -0.1) is 0 Å². The highest BCUT2D eigenvalue weighted by Gasteiger charge is 2.29. The number of nitro groups is 4. The van der Waals surface area contributed by atoms with Gasteiger partial charge in [-0.2, -0.15) is 0 Å². The van der Waals surface area contributed by atoms with Gasteiger partial charge in [-0.1, -0.05) is 0 Å². The van der Waals surface area contributed by atoms with Crippen LogP contribution in [0, 0.1) is 40.5 Å². The summed E-state index contributed by atoms with van der Waals surface area (Å²) in [7, 11) is 0. The van der Waals surface area contributed by atoms with Crippen LogP contribution in [0.4, 0.5) is 22.7 Å². The van der Waals surface area contributed by atoms with E-state index in [2.05, 4.69) is 0 Å². The number of nitro benzene ring substituents is 4. The Balaban J connectivity index is 2.57. The SMILES string of the molecule is O=[N+]([O-])c1cc([N+](=O)[O-])c2oc3c([N+](=O)[O-])cc([N+](=O)[O-])cc3c2c1. The Morgan fingerprint density at radius 2 is 0.960 bits per heavy atom. The summed E-state index contributed by atoms with van der Waals surface area (Å²) in [4.78, 5) is 40.5. The van der Waals surface area contributed by atoms with E-state index in [1.54, 1.807) is 0 Å². The van der Waals surface area contributed by atoms with Crippen molar-refractivity contribution >= 4 is 44.7 Å². The van der Waals surface area contributed by atoms with Crippen molar-refractivity contribution in [3.05, 3.63) is 64.7 Å². The molecule has 1 aromatic heterocycles. The third-order valence-corrected chi connectivity index (χ3v) is 3.42. The summed E-state index contributed by atoms with van der Waals surface area (Å²) in [5.41, 5.74) is -3.77. The van der Waals surface area contributed by atoms with Crippen LogP contribution < -0.4 is 0 Å². The van der Waals surface area contributed by atoms with Gasteiger partial charge in [0.05, 0.1) is 31.8 Å². The van der Waals surface area contributed by atoms with E-state index < -0.39 is 53.6 Å². The fourth-order valence-corrected chi connectivity index (χ4v) is 2.40. The van der Waals surface area contributed by atoms with Gasteiger partial charge in [0, 0.05) is 22.9 Å². The van der Waals surface area contributed by atoms with Crippen molar-refractivity contribution in [1.29, 1.82) is 0 Å². The van der Waals surface area contributed by atoms with E-state index in [0.29, 0.717) is 12.1 Å². The molecular formula is C12H4N4O9. The first-order valence-corrected chi connectivity index (χ1v) is 6.32. The molecule has 0 bridgehead atoms. The predicted molar refractivity (Wildman–Crippen MR) is 80.3 cm³/mol. The number of nitrogens with zero attached hydrogens (tertiary/aromatic N) is 4. The normalized spacial score (nSPS) is 10.9. The summed E-state index contributed by atoms with van der Waals surface area (Å²) in [6.45, 7) is 0.